The van der Waals surface area contributed by atoms with Crippen LogP contribution in [0.15, 0.2) is 0 Å². The molecule has 0 spiro atoms. The smallest absolute Gasteiger partial charge is 0.225 e. The Morgan fingerprint density at radius 3 is 2.36 bits per heavy atom. The molecule has 0 unspecified atom stereocenters. The average molecular weight is 157 g/mol. The van der Waals surface area contributed by atoms with Crippen LogP contribution in [-0.2, 0) is 9.53 Å². The molecule has 11 heavy (non-hydrogen) atoms. The molecule has 0 aromatic heterocycles. The van der Waals surface area contributed by atoms with Crippen LogP contribution in [0.3, 0.4) is 0 Å². The van der Waals surface area contributed by atoms with E-state index >= 15 is 0 Å². The highest BCUT2D eigenvalue weighted by atomic mass is 16.5. The van der Waals surface area contributed by atoms with E-state index in [-0.39, 0.29) is 11.8 Å². The maximum Gasteiger partial charge on any atom is 0.225 e. The van der Waals surface area contributed by atoms with E-state index in [4.69, 9.17) is 4.74 Å². The summed E-state index contributed by atoms with van der Waals surface area (Å²) in [6, 6.07) is 0. The Hall–Kier alpha value is -0.570. The minimum atomic E-state index is 0.207. The second kappa shape index (κ2) is 3.72. The van der Waals surface area contributed by atoms with Gasteiger partial charge in [-0.3, -0.25) is 4.79 Å². The van der Waals surface area contributed by atoms with E-state index in [0.29, 0.717) is 0 Å². The summed E-state index contributed by atoms with van der Waals surface area (Å²) in [4.78, 5) is 13.0. The minimum Gasteiger partial charge on any atom is -0.381 e. The number of rotatable bonds is 1. The zero-order valence-electron chi connectivity index (χ0n) is 7.17. The topological polar surface area (TPSA) is 29.5 Å². The summed E-state index contributed by atoms with van der Waals surface area (Å²) < 4.78 is 5.16. The Morgan fingerprint density at radius 2 is 1.91 bits per heavy atom. The summed E-state index contributed by atoms with van der Waals surface area (Å²) >= 11 is 0. The lowest BCUT2D eigenvalue weighted by molar-refractivity contribution is -0.135. The van der Waals surface area contributed by atoms with E-state index < -0.39 is 0 Å². The van der Waals surface area contributed by atoms with Crippen LogP contribution in [0.25, 0.3) is 0 Å². The van der Waals surface area contributed by atoms with Gasteiger partial charge in [0.05, 0.1) is 0 Å². The molecular formula is C8H15NO2. The van der Waals surface area contributed by atoms with Crippen LogP contribution in [0, 0.1) is 5.92 Å². The van der Waals surface area contributed by atoms with E-state index in [9.17, 15) is 4.79 Å². The van der Waals surface area contributed by atoms with Gasteiger partial charge in [0.2, 0.25) is 5.91 Å². The number of amides is 1. The quantitative estimate of drug-likeness (QED) is 0.554. The van der Waals surface area contributed by atoms with Crippen molar-refractivity contribution in [2.24, 2.45) is 5.92 Å². The predicted octanol–water partition coefficient (Wildman–Crippen LogP) is 0.501. The van der Waals surface area contributed by atoms with Gasteiger partial charge >= 0.3 is 0 Å². The molecule has 0 bridgehead atoms. The normalized spacial score (nSPS) is 19.8. The molecule has 1 fully saturated rings. The summed E-state index contributed by atoms with van der Waals surface area (Å²) in [5.41, 5.74) is 0. The molecule has 1 saturated heterocycles. The van der Waals surface area contributed by atoms with Crippen LogP contribution in [0.2, 0.25) is 0 Å². The SMILES string of the molecule is CN(C)C(=O)C1CCOCC1. The molecule has 0 N–H and O–H groups in total. The Bertz CT molecular complexity index is 139. The van der Waals surface area contributed by atoms with Crippen LogP contribution >= 0.6 is 0 Å². The van der Waals surface area contributed by atoms with Gasteiger partial charge in [-0.15, -0.1) is 0 Å². The van der Waals surface area contributed by atoms with Gasteiger partial charge < -0.3 is 9.64 Å². The zero-order valence-corrected chi connectivity index (χ0v) is 7.17. The lowest BCUT2D eigenvalue weighted by atomic mass is 9.99. The number of carbonyl (C=O) groups is 1. The molecule has 0 saturated carbocycles. The van der Waals surface area contributed by atoms with Crippen molar-refractivity contribution in [3.05, 3.63) is 0 Å². The molecule has 1 aliphatic rings. The first-order valence-corrected chi connectivity index (χ1v) is 4.00. The Labute approximate surface area is 67.3 Å². The molecular weight excluding hydrogens is 142 g/mol. The fraction of sp³-hybridized carbons (Fsp3) is 0.875. The number of carbonyl (C=O) groups excluding carboxylic acids is 1. The summed E-state index contributed by atoms with van der Waals surface area (Å²) in [5, 5.41) is 0. The Kier molecular flexibility index (Phi) is 2.88. The number of ether oxygens (including phenoxy) is 1. The fourth-order valence-electron chi connectivity index (χ4n) is 1.31. The molecule has 1 aliphatic heterocycles. The van der Waals surface area contributed by atoms with Crippen molar-refractivity contribution in [1.82, 2.24) is 4.90 Å². The summed E-state index contributed by atoms with van der Waals surface area (Å²) in [7, 11) is 3.61. The number of hydrogen-bond donors (Lipinski definition) is 0. The van der Waals surface area contributed by atoms with Crippen LogP contribution in [0.1, 0.15) is 12.8 Å². The van der Waals surface area contributed by atoms with Crippen molar-refractivity contribution < 1.29 is 9.53 Å². The second-order valence-electron chi connectivity index (χ2n) is 3.12. The van der Waals surface area contributed by atoms with Crippen LogP contribution in [0.4, 0.5) is 0 Å². The van der Waals surface area contributed by atoms with E-state index in [1.807, 2.05) is 0 Å². The van der Waals surface area contributed by atoms with Crippen molar-refractivity contribution in [1.29, 1.82) is 0 Å². The van der Waals surface area contributed by atoms with Gasteiger partial charge in [0.25, 0.3) is 0 Å². The molecule has 0 atom stereocenters. The highest BCUT2D eigenvalue weighted by molar-refractivity contribution is 5.78. The molecule has 1 amide bonds. The van der Waals surface area contributed by atoms with Crippen molar-refractivity contribution in [2.75, 3.05) is 27.3 Å². The molecule has 3 nitrogen and oxygen atoms in total. The highest BCUT2D eigenvalue weighted by Gasteiger charge is 2.22. The van der Waals surface area contributed by atoms with Gasteiger partial charge in [-0.2, -0.15) is 0 Å². The minimum absolute atomic E-state index is 0.207. The number of nitrogens with zero attached hydrogens (tertiary/aromatic N) is 1. The predicted molar refractivity (Wildman–Crippen MR) is 42.2 cm³/mol. The van der Waals surface area contributed by atoms with Crippen LogP contribution in [-0.4, -0.2) is 38.1 Å². The van der Waals surface area contributed by atoms with Crippen molar-refractivity contribution in [3.8, 4) is 0 Å². The summed E-state index contributed by atoms with van der Waals surface area (Å²) in [5.74, 6) is 0.451. The molecule has 0 radical (unpaired) electrons. The van der Waals surface area contributed by atoms with Gasteiger partial charge in [0.15, 0.2) is 0 Å². The summed E-state index contributed by atoms with van der Waals surface area (Å²) in [6.07, 6.45) is 1.77. The molecule has 1 heterocycles. The first-order valence-electron chi connectivity index (χ1n) is 4.00. The molecule has 3 heteroatoms. The zero-order chi connectivity index (χ0) is 8.27. The Morgan fingerprint density at radius 1 is 1.36 bits per heavy atom. The number of hydrogen-bond acceptors (Lipinski definition) is 2. The highest BCUT2D eigenvalue weighted by Crippen LogP contribution is 2.15. The first kappa shape index (κ1) is 8.53. The monoisotopic (exact) mass is 157 g/mol. The van der Waals surface area contributed by atoms with Crippen molar-refractivity contribution in [2.45, 2.75) is 12.8 Å². The maximum atomic E-state index is 11.4. The van der Waals surface area contributed by atoms with Gasteiger partial charge in [-0.25, -0.2) is 0 Å². The fourth-order valence-corrected chi connectivity index (χ4v) is 1.31. The van der Waals surface area contributed by atoms with E-state index in [2.05, 4.69) is 0 Å². The second-order valence-corrected chi connectivity index (χ2v) is 3.12. The van der Waals surface area contributed by atoms with Crippen molar-refractivity contribution >= 4 is 5.91 Å². The van der Waals surface area contributed by atoms with Gasteiger partial charge in [0.1, 0.15) is 0 Å². The van der Waals surface area contributed by atoms with Crippen LogP contribution < -0.4 is 0 Å². The first-order chi connectivity index (χ1) is 5.22. The third-order valence-corrected chi connectivity index (χ3v) is 2.01. The van der Waals surface area contributed by atoms with Gasteiger partial charge in [-0.05, 0) is 12.8 Å². The molecule has 0 aromatic carbocycles. The average Bonchev–Trinajstić information content (AvgIpc) is 2.05. The molecule has 1 rings (SSSR count). The van der Waals surface area contributed by atoms with E-state index in [1.54, 1.807) is 19.0 Å². The van der Waals surface area contributed by atoms with Crippen LogP contribution in [0.5, 0.6) is 0 Å². The van der Waals surface area contributed by atoms with Gasteiger partial charge in [0, 0.05) is 33.2 Å². The summed E-state index contributed by atoms with van der Waals surface area (Å²) in [6.45, 7) is 1.48. The van der Waals surface area contributed by atoms with E-state index in [0.717, 1.165) is 26.1 Å². The lowest BCUT2D eigenvalue weighted by Crippen LogP contribution is -2.33. The third-order valence-electron chi connectivity index (χ3n) is 2.01. The largest absolute Gasteiger partial charge is 0.381 e. The van der Waals surface area contributed by atoms with E-state index in [1.165, 1.54) is 0 Å². The molecule has 64 valence electrons. The lowest BCUT2D eigenvalue weighted by Gasteiger charge is -2.23. The Balaban J connectivity index is 2.39. The molecule has 0 aliphatic carbocycles. The third kappa shape index (κ3) is 2.19. The van der Waals surface area contributed by atoms with Gasteiger partial charge in [-0.1, -0.05) is 0 Å². The standard InChI is InChI=1S/C8H15NO2/c1-9(2)8(10)7-3-5-11-6-4-7/h7H,3-6H2,1-2H3. The molecule has 0 aromatic rings. The van der Waals surface area contributed by atoms with Crippen molar-refractivity contribution in [3.63, 3.8) is 0 Å². The maximum absolute atomic E-state index is 11.4.